The normalized spacial score (nSPS) is 13.1. The van der Waals surface area contributed by atoms with Crippen molar-refractivity contribution in [3.8, 4) is 0 Å². The maximum atomic E-state index is 7.06. The Morgan fingerprint density at radius 2 is 2.40 bits per heavy atom. The van der Waals surface area contributed by atoms with Gasteiger partial charge in [0.15, 0.2) is 0 Å². The van der Waals surface area contributed by atoms with Gasteiger partial charge in [-0.25, -0.2) is 5.90 Å². The van der Waals surface area contributed by atoms with Gasteiger partial charge in [0, 0.05) is 11.8 Å². The molecule has 0 aliphatic carbocycles. The molecule has 0 rings (SSSR count). The van der Waals surface area contributed by atoms with Crippen LogP contribution in [0.5, 0.6) is 0 Å². The van der Waals surface area contributed by atoms with E-state index in [1.807, 2.05) is 0 Å². The van der Waals surface area contributed by atoms with E-state index in [1.165, 1.54) is 11.8 Å². The average Bonchev–Trinajstić information content (AvgIpc) is 1.85. The van der Waals surface area contributed by atoms with Crippen molar-refractivity contribution in [2.24, 2.45) is 11.6 Å². The second-order valence-corrected chi connectivity index (χ2v) is 3.19. The van der Waals surface area contributed by atoms with Gasteiger partial charge in [-0.15, -0.1) is 11.8 Å². The topological polar surface area (TPSA) is 85.1 Å². The maximum Gasteiger partial charge on any atom is 0.0838 e. The fraction of sp³-hybridized carbons (Fsp3) is 0.800. The van der Waals surface area contributed by atoms with Gasteiger partial charge < -0.3 is 10.6 Å². The number of hydrogen-bond acceptors (Lipinski definition) is 5. The van der Waals surface area contributed by atoms with E-state index in [2.05, 4.69) is 4.84 Å². The Morgan fingerprint density at radius 3 is 2.80 bits per heavy atom. The van der Waals surface area contributed by atoms with Crippen molar-refractivity contribution in [2.75, 3.05) is 12.4 Å². The summed E-state index contributed by atoms with van der Waals surface area (Å²) in [6, 6.07) is -0.0738. The van der Waals surface area contributed by atoms with Crippen LogP contribution in [0.3, 0.4) is 0 Å². The predicted molar refractivity (Wildman–Crippen MR) is 44.0 cm³/mol. The van der Waals surface area contributed by atoms with E-state index >= 15 is 0 Å². The van der Waals surface area contributed by atoms with Crippen LogP contribution in [0, 0.1) is 5.41 Å². The van der Waals surface area contributed by atoms with Gasteiger partial charge >= 0.3 is 0 Å². The number of nitrogens with one attached hydrogen (secondary N) is 1. The zero-order valence-electron chi connectivity index (χ0n) is 5.96. The molecular formula is C5H13N3OS. The third kappa shape index (κ3) is 6.03. The molecule has 4 nitrogen and oxygen atoms in total. The smallest absolute Gasteiger partial charge is 0.0838 e. The number of thioether (sulfide) groups is 1. The monoisotopic (exact) mass is 163 g/mol. The minimum Gasteiger partial charge on any atom is -0.325 e. The molecular weight excluding hydrogens is 150 g/mol. The Labute approximate surface area is 64.8 Å². The van der Waals surface area contributed by atoms with Gasteiger partial charge in [0.1, 0.15) is 0 Å². The molecule has 0 aromatic heterocycles. The number of hydrogen-bond donors (Lipinski definition) is 3. The van der Waals surface area contributed by atoms with Crippen molar-refractivity contribution in [3.05, 3.63) is 0 Å². The molecule has 0 aromatic rings. The Balaban J connectivity index is 3.21. The second-order valence-electron chi connectivity index (χ2n) is 1.96. The lowest BCUT2D eigenvalue weighted by atomic mass is 10.4. The lowest BCUT2D eigenvalue weighted by Gasteiger charge is -2.07. The molecule has 1 atom stereocenters. The maximum absolute atomic E-state index is 7.06. The summed E-state index contributed by atoms with van der Waals surface area (Å²) >= 11 is 1.40. The molecule has 0 aliphatic heterocycles. The van der Waals surface area contributed by atoms with E-state index in [0.29, 0.717) is 17.4 Å². The van der Waals surface area contributed by atoms with Gasteiger partial charge in [-0.1, -0.05) is 0 Å². The van der Waals surface area contributed by atoms with E-state index < -0.39 is 0 Å². The fourth-order valence-electron chi connectivity index (χ4n) is 0.404. The van der Waals surface area contributed by atoms with Gasteiger partial charge in [0.2, 0.25) is 0 Å². The van der Waals surface area contributed by atoms with Crippen LogP contribution in [0.15, 0.2) is 0 Å². The summed E-state index contributed by atoms with van der Waals surface area (Å²) in [6.45, 7) is 2.07. The van der Waals surface area contributed by atoms with Crippen molar-refractivity contribution < 1.29 is 4.84 Å². The highest BCUT2D eigenvalue weighted by Crippen LogP contribution is 2.02. The van der Waals surface area contributed by atoms with Crippen LogP contribution in [0.2, 0.25) is 0 Å². The van der Waals surface area contributed by atoms with Crippen molar-refractivity contribution in [1.82, 2.24) is 0 Å². The summed E-state index contributed by atoms with van der Waals surface area (Å²) in [6.07, 6.45) is 0. The molecule has 5 heteroatoms. The molecule has 0 fully saturated rings. The lowest BCUT2D eigenvalue weighted by Crippen LogP contribution is -2.30. The van der Waals surface area contributed by atoms with E-state index in [-0.39, 0.29) is 6.04 Å². The first-order valence-corrected chi connectivity index (χ1v) is 3.90. The highest BCUT2D eigenvalue weighted by molar-refractivity contribution is 8.13. The third-order valence-electron chi connectivity index (χ3n) is 0.824. The predicted octanol–water partition coefficient (Wildman–Crippen LogP) is -0.0656. The van der Waals surface area contributed by atoms with Gasteiger partial charge in [-0.3, -0.25) is 5.41 Å². The van der Waals surface area contributed by atoms with E-state index in [1.54, 1.807) is 6.92 Å². The highest BCUT2D eigenvalue weighted by atomic mass is 32.2. The summed E-state index contributed by atoms with van der Waals surface area (Å²) in [5, 5.41) is 7.62. The van der Waals surface area contributed by atoms with Crippen molar-refractivity contribution in [1.29, 1.82) is 5.41 Å². The summed E-state index contributed by atoms with van der Waals surface area (Å²) in [4.78, 5) is 4.33. The summed E-state index contributed by atoms with van der Waals surface area (Å²) in [7, 11) is 0. The van der Waals surface area contributed by atoms with Gasteiger partial charge in [0.05, 0.1) is 11.7 Å². The molecule has 0 amide bonds. The lowest BCUT2D eigenvalue weighted by molar-refractivity contribution is 0.129. The molecule has 0 radical (unpaired) electrons. The highest BCUT2D eigenvalue weighted by Gasteiger charge is 2.01. The molecule has 60 valence electrons. The van der Waals surface area contributed by atoms with Crippen LogP contribution in [-0.2, 0) is 4.84 Å². The fourth-order valence-corrected chi connectivity index (χ4v) is 0.964. The molecule has 0 aromatic carbocycles. The van der Waals surface area contributed by atoms with E-state index in [4.69, 9.17) is 17.0 Å². The minimum absolute atomic E-state index is 0.0738. The molecule has 0 aliphatic rings. The zero-order chi connectivity index (χ0) is 7.98. The van der Waals surface area contributed by atoms with Gasteiger partial charge in [-0.05, 0) is 6.92 Å². The Bertz CT molecular complexity index is 109. The molecule has 10 heavy (non-hydrogen) atoms. The molecule has 5 N–H and O–H groups in total. The minimum atomic E-state index is -0.0738. The van der Waals surface area contributed by atoms with Gasteiger partial charge in [0.25, 0.3) is 0 Å². The molecule has 0 heterocycles. The van der Waals surface area contributed by atoms with Crippen molar-refractivity contribution in [2.45, 2.75) is 13.0 Å². The van der Waals surface area contributed by atoms with Crippen LogP contribution < -0.4 is 11.6 Å². The first-order chi connectivity index (χ1) is 4.66. The van der Waals surface area contributed by atoms with Gasteiger partial charge in [-0.2, -0.15) is 0 Å². The first kappa shape index (κ1) is 9.90. The molecule has 0 spiro atoms. The number of nitrogens with two attached hydrogens (primary N) is 2. The van der Waals surface area contributed by atoms with Crippen molar-refractivity contribution >= 4 is 16.8 Å². The standard InChI is InChI=1S/C5H13N3OS/c1-4(6)10-3-5(7)2-9-8/h5-6H,2-3,7-8H2,1H3. The molecule has 0 saturated carbocycles. The zero-order valence-corrected chi connectivity index (χ0v) is 6.78. The quantitative estimate of drug-likeness (QED) is 0.308. The summed E-state index contributed by atoms with van der Waals surface area (Å²) in [5.41, 5.74) is 5.51. The van der Waals surface area contributed by atoms with E-state index in [0.717, 1.165) is 0 Å². The van der Waals surface area contributed by atoms with Crippen molar-refractivity contribution in [3.63, 3.8) is 0 Å². The molecule has 0 saturated heterocycles. The molecule has 0 bridgehead atoms. The Hall–Kier alpha value is -0.100. The first-order valence-electron chi connectivity index (χ1n) is 2.92. The largest absolute Gasteiger partial charge is 0.325 e. The van der Waals surface area contributed by atoms with Crippen LogP contribution >= 0.6 is 11.8 Å². The van der Waals surface area contributed by atoms with E-state index in [9.17, 15) is 0 Å². The van der Waals surface area contributed by atoms with Crippen LogP contribution in [0.4, 0.5) is 0 Å². The Kier molecular flexibility index (Phi) is 5.61. The summed E-state index contributed by atoms with van der Waals surface area (Å²) < 4.78 is 0. The number of rotatable bonds is 4. The van der Waals surface area contributed by atoms with Crippen LogP contribution in [0.1, 0.15) is 6.92 Å². The third-order valence-corrected chi connectivity index (χ3v) is 1.85. The second kappa shape index (κ2) is 5.67. The average molecular weight is 163 g/mol. The SMILES string of the molecule is CC(=N)SCC(N)CON. The summed E-state index contributed by atoms with van der Waals surface area (Å²) in [5.74, 6) is 5.48. The van der Waals surface area contributed by atoms with Crippen LogP contribution in [-0.4, -0.2) is 23.4 Å². The Morgan fingerprint density at radius 1 is 1.80 bits per heavy atom. The van der Waals surface area contributed by atoms with Crippen LogP contribution in [0.25, 0.3) is 0 Å². The molecule has 1 unspecified atom stereocenters.